The van der Waals surface area contributed by atoms with E-state index in [-0.39, 0.29) is 4.21 Å². The topological polar surface area (TPSA) is 96.3 Å². The van der Waals surface area contributed by atoms with Crippen LogP contribution < -0.4 is 9.46 Å². The quantitative estimate of drug-likeness (QED) is 0.872. The average Bonchev–Trinajstić information content (AvgIpc) is 2.94. The molecule has 0 spiro atoms. The number of ether oxygens (including phenoxy) is 1. The van der Waals surface area contributed by atoms with Gasteiger partial charge in [-0.2, -0.15) is 5.26 Å². The summed E-state index contributed by atoms with van der Waals surface area (Å²) < 4.78 is 31.6. The molecule has 23 heavy (non-hydrogen) atoms. The molecule has 2 aromatic rings. The molecule has 0 saturated carbocycles. The number of sulfonamides is 1. The molecule has 0 aliphatic heterocycles. The molecule has 1 aromatic heterocycles. The van der Waals surface area contributed by atoms with E-state index in [1.54, 1.807) is 18.2 Å². The largest absolute Gasteiger partial charge is 0.481 e. The van der Waals surface area contributed by atoms with Gasteiger partial charge in [0.1, 0.15) is 9.96 Å². The number of nitrogens with one attached hydrogen (secondary N) is 1. The fourth-order valence-corrected chi connectivity index (χ4v) is 4.13. The smallest absolute Gasteiger partial charge is 0.274 e. The van der Waals surface area contributed by atoms with Gasteiger partial charge in [-0.15, -0.1) is 11.3 Å². The number of hydrogen-bond donors (Lipinski definition) is 1. The van der Waals surface area contributed by atoms with Crippen LogP contribution in [0.25, 0.3) is 0 Å². The number of benzene rings is 1. The summed E-state index contributed by atoms with van der Waals surface area (Å²) in [5.41, 5.74) is 0.371. The fourth-order valence-electron chi connectivity index (χ4n) is 1.60. The van der Waals surface area contributed by atoms with Crippen LogP contribution in [0.5, 0.6) is 5.75 Å². The van der Waals surface area contributed by atoms with Crippen LogP contribution in [0.15, 0.2) is 40.6 Å². The molecule has 0 fully saturated rings. The van der Waals surface area contributed by atoms with Crippen molar-refractivity contribution in [2.75, 3.05) is 0 Å². The summed E-state index contributed by atoms with van der Waals surface area (Å²) in [5, 5.41) is 8.81. The number of carbonyl (C=O) groups is 1. The summed E-state index contributed by atoms with van der Waals surface area (Å²) >= 11 is 6.53. The predicted molar refractivity (Wildman–Crippen MR) is 85.9 cm³/mol. The molecule has 0 aliphatic carbocycles. The normalized spacial score (nSPS) is 12.2. The molecule has 0 saturated heterocycles. The number of halogens is 1. The van der Waals surface area contributed by atoms with Gasteiger partial charge in [0.05, 0.1) is 16.0 Å². The van der Waals surface area contributed by atoms with E-state index in [0.717, 1.165) is 11.3 Å². The molecular formula is C14H11ClN2O4S2. The van der Waals surface area contributed by atoms with Crippen molar-refractivity contribution in [2.45, 2.75) is 17.2 Å². The molecule has 1 unspecified atom stereocenters. The lowest BCUT2D eigenvalue weighted by atomic mass is 10.2. The fraction of sp³-hybridized carbons (Fsp3) is 0.143. The number of thiophene rings is 1. The predicted octanol–water partition coefficient (Wildman–Crippen LogP) is 2.55. The second-order valence-electron chi connectivity index (χ2n) is 4.43. The molecule has 9 heteroatoms. The Morgan fingerprint density at radius 2 is 2.13 bits per heavy atom. The molecular weight excluding hydrogens is 360 g/mol. The minimum Gasteiger partial charge on any atom is -0.481 e. The summed E-state index contributed by atoms with van der Waals surface area (Å²) in [4.78, 5) is 12.0. The number of nitriles is 1. The van der Waals surface area contributed by atoms with Crippen molar-refractivity contribution in [1.29, 1.82) is 5.26 Å². The maximum Gasteiger partial charge on any atom is 0.274 e. The SMILES string of the molecule is CC(Oc1cccc(C#N)c1)C(=O)NS(=O)(=O)c1ccc(Cl)s1. The van der Waals surface area contributed by atoms with Gasteiger partial charge < -0.3 is 4.74 Å². The lowest BCUT2D eigenvalue weighted by Gasteiger charge is -2.14. The Kier molecular flexibility index (Phi) is 5.26. The zero-order chi connectivity index (χ0) is 17.0. The van der Waals surface area contributed by atoms with Crippen molar-refractivity contribution in [3.05, 3.63) is 46.3 Å². The van der Waals surface area contributed by atoms with E-state index in [4.69, 9.17) is 21.6 Å². The average molecular weight is 371 g/mol. The van der Waals surface area contributed by atoms with Crippen LogP contribution in [-0.4, -0.2) is 20.4 Å². The maximum absolute atomic E-state index is 12.0. The number of amides is 1. The lowest BCUT2D eigenvalue weighted by molar-refractivity contribution is -0.125. The molecule has 0 aliphatic rings. The molecule has 120 valence electrons. The number of rotatable bonds is 5. The maximum atomic E-state index is 12.0. The highest BCUT2D eigenvalue weighted by Gasteiger charge is 2.24. The van der Waals surface area contributed by atoms with E-state index >= 15 is 0 Å². The van der Waals surface area contributed by atoms with Crippen LogP contribution in [0.4, 0.5) is 0 Å². The minimum absolute atomic E-state index is 0.0606. The van der Waals surface area contributed by atoms with Crippen molar-refractivity contribution in [2.24, 2.45) is 0 Å². The van der Waals surface area contributed by atoms with E-state index in [0.29, 0.717) is 15.6 Å². The third kappa shape index (κ3) is 4.45. The molecule has 1 heterocycles. The van der Waals surface area contributed by atoms with E-state index in [1.807, 2.05) is 10.8 Å². The Morgan fingerprint density at radius 1 is 1.39 bits per heavy atom. The highest BCUT2D eigenvalue weighted by Crippen LogP contribution is 2.25. The van der Waals surface area contributed by atoms with Gasteiger partial charge in [0.15, 0.2) is 6.10 Å². The zero-order valence-electron chi connectivity index (χ0n) is 11.8. The summed E-state index contributed by atoms with van der Waals surface area (Å²) in [7, 11) is -3.99. The summed E-state index contributed by atoms with van der Waals surface area (Å²) in [6.45, 7) is 1.41. The Hall–Kier alpha value is -2.08. The van der Waals surface area contributed by atoms with Crippen molar-refractivity contribution in [1.82, 2.24) is 4.72 Å². The van der Waals surface area contributed by atoms with Gasteiger partial charge in [-0.1, -0.05) is 17.7 Å². The summed E-state index contributed by atoms with van der Waals surface area (Å²) in [6, 6.07) is 10.9. The van der Waals surface area contributed by atoms with Gasteiger partial charge in [0, 0.05) is 0 Å². The molecule has 1 amide bonds. The first kappa shape index (κ1) is 17.3. The monoisotopic (exact) mass is 370 g/mol. The van der Waals surface area contributed by atoms with Crippen molar-refractivity contribution in [3.63, 3.8) is 0 Å². The van der Waals surface area contributed by atoms with Gasteiger partial charge >= 0.3 is 0 Å². The van der Waals surface area contributed by atoms with Crippen molar-refractivity contribution < 1.29 is 17.9 Å². The van der Waals surface area contributed by atoms with Gasteiger partial charge in [-0.3, -0.25) is 4.79 Å². The molecule has 1 N–H and O–H groups in total. The molecule has 1 atom stereocenters. The first-order valence-corrected chi connectivity index (χ1v) is 8.98. The van der Waals surface area contributed by atoms with Gasteiger partial charge in [-0.25, -0.2) is 13.1 Å². The highest BCUT2D eigenvalue weighted by atomic mass is 35.5. The van der Waals surface area contributed by atoms with Gasteiger partial charge in [0.25, 0.3) is 15.9 Å². The van der Waals surface area contributed by atoms with Crippen LogP contribution in [-0.2, 0) is 14.8 Å². The van der Waals surface area contributed by atoms with Crippen LogP contribution >= 0.6 is 22.9 Å². The first-order chi connectivity index (χ1) is 10.8. The van der Waals surface area contributed by atoms with Crippen LogP contribution in [0.1, 0.15) is 12.5 Å². The minimum atomic E-state index is -3.99. The van der Waals surface area contributed by atoms with E-state index in [2.05, 4.69) is 0 Å². The van der Waals surface area contributed by atoms with Crippen LogP contribution in [0, 0.1) is 11.3 Å². The standard InChI is InChI=1S/C14H11ClN2O4S2/c1-9(21-11-4-2-3-10(7-11)8-16)14(18)17-23(19,20)13-6-5-12(15)22-13/h2-7,9H,1H3,(H,17,18). The van der Waals surface area contributed by atoms with Gasteiger partial charge in [-0.05, 0) is 37.3 Å². The molecule has 6 nitrogen and oxygen atoms in total. The van der Waals surface area contributed by atoms with Crippen LogP contribution in [0.3, 0.4) is 0 Å². The van der Waals surface area contributed by atoms with Crippen molar-refractivity contribution >= 4 is 38.9 Å². The molecule has 1 aromatic carbocycles. The third-order valence-electron chi connectivity index (χ3n) is 2.69. The second-order valence-corrected chi connectivity index (χ2v) is 8.05. The number of nitrogens with zero attached hydrogens (tertiary/aromatic N) is 1. The van der Waals surface area contributed by atoms with Crippen LogP contribution in [0.2, 0.25) is 4.34 Å². The zero-order valence-corrected chi connectivity index (χ0v) is 14.2. The third-order valence-corrected chi connectivity index (χ3v) is 5.76. The van der Waals surface area contributed by atoms with Gasteiger partial charge in [0.2, 0.25) is 0 Å². The molecule has 0 radical (unpaired) electrons. The van der Waals surface area contributed by atoms with E-state index < -0.39 is 22.0 Å². The number of hydrogen-bond acceptors (Lipinski definition) is 6. The summed E-state index contributed by atoms with van der Waals surface area (Å²) in [5.74, 6) is -0.528. The Bertz CT molecular complexity index is 871. The Morgan fingerprint density at radius 3 is 2.74 bits per heavy atom. The lowest BCUT2D eigenvalue weighted by Crippen LogP contribution is -2.39. The highest BCUT2D eigenvalue weighted by molar-refractivity contribution is 7.92. The Balaban J connectivity index is 2.06. The Labute approximate surface area is 142 Å². The van der Waals surface area contributed by atoms with E-state index in [1.165, 1.54) is 25.1 Å². The molecule has 2 rings (SSSR count). The van der Waals surface area contributed by atoms with E-state index in [9.17, 15) is 13.2 Å². The molecule has 0 bridgehead atoms. The summed E-state index contributed by atoms with van der Waals surface area (Å²) in [6.07, 6.45) is -1.06. The van der Waals surface area contributed by atoms with Crippen molar-refractivity contribution in [3.8, 4) is 11.8 Å². The number of carbonyl (C=O) groups excluding carboxylic acids is 1. The first-order valence-electron chi connectivity index (χ1n) is 6.30. The second kappa shape index (κ2) is 7.00.